The first-order valence-corrected chi connectivity index (χ1v) is 9.81. The third-order valence-electron chi connectivity index (χ3n) is 4.12. The molecule has 0 unspecified atom stereocenters. The number of hydrogen-bond donors (Lipinski definition) is 1. The third-order valence-corrected chi connectivity index (χ3v) is 5.89. The summed E-state index contributed by atoms with van der Waals surface area (Å²) in [5.74, 6) is 0.471. The van der Waals surface area contributed by atoms with Gasteiger partial charge in [0.05, 0.1) is 5.39 Å². The summed E-state index contributed by atoms with van der Waals surface area (Å²) in [5, 5.41) is 4.31. The van der Waals surface area contributed by atoms with Crippen molar-refractivity contribution in [3.05, 3.63) is 70.0 Å². The zero-order valence-electron chi connectivity index (χ0n) is 14.0. The molecule has 0 radical (unpaired) electrons. The quantitative estimate of drug-likeness (QED) is 0.400. The first-order chi connectivity index (χ1) is 12.7. The molecule has 0 fully saturated rings. The van der Waals surface area contributed by atoms with E-state index in [2.05, 4.69) is 50.3 Å². The van der Waals surface area contributed by atoms with Crippen LogP contribution in [0.4, 0.5) is 15.9 Å². The second kappa shape index (κ2) is 7.13. The molecule has 4 aromatic rings. The largest absolute Gasteiger partial charge is 0.340 e. The Bertz CT molecular complexity index is 1060. The molecule has 0 aliphatic rings. The number of thiophene rings is 1. The summed E-state index contributed by atoms with van der Waals surface area (Å²) in [6, 6.07) is 14.5. The summed E-state index contributed by atoms with van der Waals surface area (Å²) in [7, 11) is 0. The van der Waals surface area contributed by atoms with E-state index in [1.54, 1.807) is 29.8 Å². The molecular formula is C20H15BrFN3S. The molecule has 0 amide bonds. The summed E-state index contributed by atoms with van der Waals surface area (Å²) in [5.41, 5.74) is 3.08. The maximum atomic E-state index is 13.2. The Morgan fingerprint density at radius 3 is 2.46 bits per heavy atom. The van der Waals surface area contributed by atoms with Gasteiger partial charge in [-0.2, -0.15) is 0 Å². The lowest BCUT2D eigenvalue weighted by atomic mass is 10.0. The van der Waals surface area contributed by atoms with Gasteiger partial charge in [0.25, 0.3) is 0 Å². The predicted molar refractivity (Wildman–Crippen MR) is 110 cm³/mol. The monoisotopic (exact) mass is 427 g/mol. The second-order valence-electron chi connectivity index (χ2n) is 5.80. The van der Waals surface area contributed by atoms with Crippen molar-refractivity contribution in [2.45, 2.75) is 13.3 Å². The van der Waals surface area contributed by atoms with E-state index in [0.29, 0.717) is 0 Å². The number of rotatable bonds is 4. The highest BCUT2D eigenvalue weighted by molar-refractivity contribution is 9.10. The molecule has 2 aromatic heterocycles. The van der Waals surface area contributed by atoms with Crippen molar-refractivity contribution in [2.75, 3.05) is 5.32 Å². The minimum atomic E-state index is -0.261. The van der Waals surface area contributed by atoms with E-state index in [1.165, 1.54) is 17.0 Å². The number of anilines is 2. The Labute approximate surface area is 163 Å². The summed E-state index contributed by atoms with van der Waals surface area (Å²) in [6.07, 6.45) is 2.48. The lowest BCUT2D eigenvalue weighted by Crippen LogP contribution is -1.96. The van der Waals surface area contributed by atoms with Gasteiger partial charge in [0.1, 0.15) is 22.8 Å². The number of fused-ring (bicyclic) bond motifs is 1. The maximum absolute atomic E-state index is 13.2. The van der Waals surface area contributed by atoms with Gasteiger partial charge in [-0.3, -0.25) is 0 Å². The molecule has 26 heavy (non-hydrogen) atoms. The molecular weight excluding hydrogens is 413 g/mol. The Balaban J connectivity index is 1.89. The summed E-state index contributed by atoms with van der Waals surface area (Å²) >= 11 is 5.18. The van der Waals surface area contributed by atoms with Gasteiger partial charge in [0, 0.05) is 20.6 Å². The van der Waals surface area contributed by atoms with Crippen molar-refractivity contribution in [1.82, 2.24) is 9.97 Å². The van der Waals surface area contributed by atoms with Gasteiger partial charge in [-0.05, 0) is 48.4 Å². The molecule has 0 aliphatic carbocycles. The Hall–Kier alpha value is -2.31. The molecule has 6 heteroatoms. The van der Waals surface area contributed by atoms with Crippen LogP contribution in [-0.4, -0.2) is 9.97 Å². The molecule has 0 aliphatic heterocycles. The van der Waals surface area contributed by atoms with Crippen LogP contribution >= 0.6 is 27.3 Å². The smallest absolute Gasteiger partial charge is 0.143 e. The van der Waals surface area contributed by atoms with Crippen LogP contribution in [0.25, 0.3) is 21.3 Å². The number of aryl methyl sites for hydroxylation is 1. The highest BCUT2D eigenvalue weighted by Gasteiger charge is 2.18. The molecule has 0 bridgehead atoms. The van der Waals surface area contributed by atoms with Gasteiger partial charge < -0.3 is 5.32 Å². The van der Waals surface area contributed by atoms with Crippen LogP contribution in [0.5, 0.6) is 0 Å². The molecule has 0 atom stereocenters. The first kappa shape index (κ1) is 17.1. The lowest BCUT2D eigenvalue weighted by molar-refractivity contribution is 0.628. The molecule has 2 aromatic carbocycles. The average molecular weight is 428 g/mol. The normalized spacial score (nSPS) is 11.0. The highest BCUT2D eigenvalue weighted by Crippen LogP contribution is 2.41. The van der Waals surface area contributed by atoms with Gasteiger partial charge in [0.2, 0.25) is 0 Å². The first-order valence-electron chi connectivity index (χ1n) is 8.20. The van der Waals surface area contributed by atoms with E-state index in [0.717, 1.165) is 43.7 Å². The van der Waals surface area contributed by atoms with Crippen molar-refractivity contribution >= 4 is 49.0 Å². The summed E-state index contributed by atoms with van der Waals surface area (Å²) in [6.45, 7) is 2.15. The molecule has 3 nitrogen and oxygen atoms in total. The fraction of sp³-hybridized carbons (Fsp3) is 0.100. The molecule has 4 rings (SSSR count). The molecule has 0 saturated heterocycles. The van der Waals surface area contributed by atoms with E-state index < -0.39 is 0 Å². The molecule has 1 N–H and O–H groups in total. The number of nitrogens with one attached hydrogen (secondary N) is 1. The van der Waals surface area contributed by atoms with Crippen LogP contribution in [-0.2, 0) is 6.42 Å². The number of nitrogens with zero attached hydrogens (tertiary/aromatic N) is 2. The van der Waals surface area contributed by atoms with Crippen LogP contribution in [0.2, 0.25) is 0 Å². The van der Waals surface area contributed by atoms with E-state index >= 15 is 0 Å². The highest BCUT2D eigenvalue weighted by atomic mass is 79.9. The van der Waals surface area contributed by atoms with Crippen LogP contribution in [0, 0.1) is 5.82 Å². The average Bonchev–Trinajstić information content (AvgIpc) is 3.04. The van der Waals surface area contributed by atoms with Gasteiger partial charge in [0.15, 0.2) is 0 Å². The fourth-order valence-corrected chi connectivity index (χ4v) is 4.28. The van der Waals surface area contributed by atoms with Crippen LogP contribution < -0.4 is 5.32 Å². The molecule has 130 valence electrons. The van der Waals surface area contributed by atoms with Gasteiger partial charge in [-0.15, -0.1) is 11.3 Å². The second-order valence-corrected chi connectivity index (χ2v) is 7.79. The van der Waals surface area contributed by atoms with E-state index in [4.69, 9.17) is 0 Å². The maximum Gasteiger partial charge on any atom is 0.143 e. The van der Waals surface area contributed by atoms with Crippen molar-refractivity contribution < 1.29 is 4.39 Å². The number of aromatic nitrogens is 2. The number of halogens is 2. The molecule has 0 spiro atoms. The van der Waals surface area contributed by atoms with Crippen molar-refractivity contribution in [1.29, 1.82) is 0 Å². The van der Waals surface area contributed by atoms with Gasteiger partial charge in [-0.25, -0.2) is 14.4 Å². The Morgan fingerprint density at radius 2 is 1.77 bits per heavy atom. The lowest BCUT2D eigenvalue weighted by Gasteiger charge is -2.09. The minimum absolute atomic E-state index is 0.261. The zero-order chi connectivity index (χ0) is 18.1. The zero-order valence-corrected chi connectivity index (χ0v) is 16.4. The molecule has 2 heterocycles. The topological polar surface area (TPSA) is 37.8 Å². The van der Waals surface area contributed by atoms with Gasteiger partial charge >= 0.3 is 0 Å². The van der Waals surface area contributed by atoms with Crippen LogP contribution in [0.3, 0.4) is 0 Å². The predicted octanol–water partition coefficient (Wildman–Crippen LogP) is 6.57. The van der Waals surface area contributed by atoms with Crippen molar-refractivity contribution in [3.8, 4) is 11.1 Å². The Morgan fingerprint density at radius 1 is 1.04 bits per heavy atom. The fourth-order valence-electron chi connectivity index (χ4n) is 2.91. The summed E-state index contributed by atoms with van der Waals surface area (Å²) in [4.78, 5) is 11.1. The SMILES string of the molecule is CCc1sc2ncnc(Nc3ccc(F)cc3)c2c1-c1ccc(Br)cc1. The number of benzene rings is 2. The van der Waals surface area contributed by atoms with E-state index in [1.807, 2.05) is 12.1 Å². The minimum Gasteiger partial charge on any atom is -0.340 e. The van der Waals surface area contributed by atoms with Crippen LogP contribution in [0.15, 0.2) is 59.3 Å². The van der Waals surface area contributed by atoms with E-state index in [-0.39, 0.29) is 5.82 Å². The third kappa shape index (κ3) is 3.22. The van der Waals surface area contributed by atoms with E-state index in [9.17, 15) is 4.39 Å². The van der Waals surface area contributed by atoms with Gasteiger partial charge in [-0.1, -0.05) is 35.0 Å². The van der Waals surface area contributed by atoms with Crippen molar-refractivity contribution in [2.24, 2.45) is 0 Å². The standard InChI is InChI=1S/C20H15BrFN3S/c1-2-16-17(12-3-5-13(21)6-4-12)18-19(23-11-24-20(18)26-16)25-15-9-7-14(22)8-10-15/h3-11H,2H2,1H3,(H,23,24,25). The van der Waals surface area contributed by atoms with Crippen molar-refractivity contribution in [3.63, 3.8) is 0 Å². The van der Waals surface area contributed by atoms with Crippen LogP contribution in [0.1, 0.15) is 11.8 Å². The Kier molecular flexibility index (Phi) is 4.70. The summed E-state index contributed by atoms with van der Waals surface area (Å²) < 4.78 is 14.2. The number of hydrogen-bond acceptors (Lipinski definition) is 4. The molecule has 0 saturated carbocycles.